The second-order valence-electron chi connectivity index (χ2n) is 8.44. The number of carbonyl (C=O) groups is 1. The average molecular weight is 466 g/mol. The fraction of sp³-hybridized carbons (Fsp3) is 0.571. The van der Waals surface area contributed by atoms with Gasteiger partial charge in [0.1, 0.15) is 4.75 Å². The molecule has 9 heteroatoms. The molecule has 0 aliphatic heterocycles. The number of halogens is 4. The topological polar surface area (TPSA) is 63.2 Å². The molecule has 0 saturated carbocycles. The lowest BCUT2D eigenvalue weighted by Gasteiger charge is -2.35. The van der Waals surface area contributed by atoms with E-state index >= 15 is 0 Å². The summed E-state index contributed by atoms with van der Waals surface area (Å²) in [5.74, 6) is -3.00. The van der Waals surface area contributed by atoms with Crippen molar-refractivity contribution in [1.29, 1.82) is 0 Å². The van der Waals surface area contributed by atoms with Gasteiger partial charge in [-0.2, -0.15) is 13.2 Å². The highest BCUT2D eigenvalue weighted by Gasteiger charge is 2.51. The molecule has 30 heavy (non-hydrogen) atoms. The first kappa shape index (κ1) is 24.7. The molecule has 0 aromatic heterocycles. The highest BCUT2D eigenvalue weighted by Crippen LogP contribution is 2.40. The molecule has 168 valence electrons. The maximum absolute atomic E-state index is 13.2. The van der Waals surface area contributed by atoms with Gasteiger partial charge in [0.15, 0.2) is 9.84 Å². The standard InChI is InChI=1S/C21H27ClF3NO3S/c1-14-15(6-5-7-17(14)21(23,24)25)10-13-26-18(27)19(2,3)30(28,29)20(4)11-8-16(22)9-12-20/h5-9,11,14,17H,10,12-13H2,1-4H3,(H,26,27). The molecule has 1 N–H and O–H groups in total. The molecule has 1 amide bonds. The molecular formula is C21H27ClF3NO3S. The van der Waals surface area contributed by atoms with Gasteiger partial charge in [-0.15, -0.1) is 0 Å². The number of rotatable bonds is 6. The Hall–Kier alpha value is -1.54. The minimum atomic E-state index is -4.34. The summed E-state index contributed by atoms with van der Waals surface area (Å²) in [6.45, 7) is 5.75. The van der Waals surface area contributed by atoms with Crippen molar-refractivity contribution in [2.75, 3.05) is 6.54 Å². The van der Waals surface area contributed by atoms with Crippen LogP contribution in [0.25, 0.3) is 0 Å². The van der Waals surface area contributed by atoms with Gasteiger partial charge in [0.2, 0.25) is 5.91 Å². The van der Waals surface area contributed by atoms with Gasteiger partial charge >= 0.3 is 6.18 Å². The number of sulfone groups is 1. The summed E-state index contributed by atoms with van der Waals surface area (Å²) in [6.07, 6.45) is 4.71. The molecular weight excluding hydrogens is 439 g/mol. The molecule has 0 spiro atoms. The van der Waals surface area contributed by atoms with Crippen LogP contribution in [0, 0.1) is 11.8 Å². The molecule has 3 unspecified atom stereocenters. The lowest BCUT2D eigenvalue weighted by Crippen LogP contribution is -2.55. The van der Waals surface area contributed by atoms with Gasteiger partial charge < -0.3 is 5.32 Å². The predicted octanol–water partition coefficient (Wildman–Crippen LogP) is 4.84. The molecule has 0 heterocycles. The number of amides is 1. The van der Waals surface area contributed by atoms with E-state index < -0.39 is 43.3 Å². The number of allylic oxidation sites excluding steroid dienone is 6. The Labute approximate surface area is 180 Å². The summed E-state index contributed by atoms with van der Waals surface area (Å²) in [4.78, 5) is 12.7. The van der Waals surface area contributed by atoms with Crippen LogP contribution in [0.3, 0.4) is 0 Å². The van der Waals surface area contributed by atoms with Gasteiger partial charge in [0.05, 0.1) is 10.7 Å². The molecule has 3 atom stereocenters. The highest BCUT2D eigenvalue weighted by molar-refractivity contribution is 7.95. The van der Waals surface area contributed by atoms with Crippen molar-refractivity contribution in [2.45, 2.75) is 56.2 Å². The van der Waals surface area contributed by atoms with Crippen molar-refractivity contribution in [3.05, 3.63) is 47.1 Å². The van der Waals surface area contributed by atoms with E-state index in [9.17, 15) is 26.4 Å². The minimum absolute atomic E-state index is 0.0463. The molecule has 2 rings (SSSR count). The van der Waals surface area contributed by atoms with Crippen LogP contribution in [0.1, 0.15) is 40.5 Å². The van der Waals surface area contributed by atoms with E-state index in [1.165, 1.54) is 45.9 Å². The number of hydrogen-bond acceptors (Lipinski definition) is 3. The SMILES string of the molecule is CC1C(CCNC(=O)C(C)(C)S(=O)(=O)C2(C)C=CC(Cl)=CC2)=CC=CC1C(F)(F)F. The monoisotopic (exact) mass is 465 g/mol. The number of alkyl halides is 3. The van der Waals surface area contributed by atoms with Crippen LogP contribution in [0.2, 0.25) is 0 Å². The summed E-state index contributed by atoms with van der Waals surface area (Å²) in [5.41, 5.74) is 0.558. The van der Waals surface area contributed by atoms with Gasteiger partial charge in [-0.25, -0.2) is 8.42 Å². The third kappa shape index (κ3) is 4.69. The van der Waals surface area contributed by atoms with Gasteiger partial charge in [-0.3, -0.25) is 4.79 Å². The van der Waals surface area contributed by atoms with E-state index in [4.69, 9.17) is 11.6 Å². The quantitative estimate of drug-likeness (QED) is 0.610. The molecule has 2 aliphatic carbocycles. The highest BCUT2D eigenvalue weighted by atomic mass is 35.5. The normalized spacial score (nSPS) is 27.5. The van der Waals surface area contributed by atoms with Crippen LogP contribution in [-0.4, -0.2) is 36.5 Å². The van der Waals surface area contributed by atoms with E-state index in [1.807, 2.05) is 0 Å². The van der Waals surface area contributed by atoms with E-state index in [1.54, 1.807) is 12.2 Å². The number of hydrogen-bond donors (Lipinski definition) is 1. The Kier molecular flexibility index (Phi) is 7.04. The lowest BCUT2D eigenvalue weighted by atomic mass is 9.81. The maximum atomic E-state index is 13.2. The van der Waals surface area contributed by atoms with E-state index in [-0.39, 0.29) is 19.4 Å². The van der Waals surface area contributed by atoms with Gasteiger partial charge in [0.25, 0.3) is 0 Å². The Morgan fingerprint density at radius 3 is 2.50 bits per heavy atom. The average Bonchev–Trinajstić information content (AvgIpc) is 2.64. The summed E-state index contributed by atoms with van der Waals surface area (Å²) >= 11 is 5.88. The summed E-state index contributed by atoms with van der Waals surface area (Å²) in [7, 11) is -3.95. The van der Waals surface area contributed by atoms with Crippen LogP contribution in [0.5, 0.6) is 0 Å². The van der Waals surface area contributed by atoms with E-state index in [0.717, 1.165) is 6.08 Å². The molecule has 0 bridgehead atoms. The summed E-state index contributed by atoms with van der Waals surface area (Å²) in [6, 6.07) is 0. The molecule has 4 nitrogen and oxygen atoms in total. The van der Waals surface area contributed by atoms with E-state index in [2.05, 4.69) is 5.32 Å². The van der Waals surface area contributed by atoms with Crippen molar-refractivity contribution in [2.24, 2.45) is 11.8 Å². The van der Waals surface area contributed by atoms with Gasteiger partial charge in [0, 0.05) is 11.6 Å². The fourth-order valence-corrected chi connectivity index (χ4v) is 5.85. The van der Waals surface area contributed by atoms with Crippen molar-refractivity contribution < 1.29 is 26.4 Å². The minimum Gasteiger partial charge on any atom is -0.354 e. The van der Waals surface area contributed by atoms with Crippen LogP contribution in [0.4, 0.5) is 13.2 Å². The number of carbonyl (C=O) groups excluding carboxylic acids is 1. The summed E-state index contributed by atoms with van der Waals surface area (Å²) in [5, 5.41) is 3.02. The van der Waals surface area contributed by atoms with Gasteiger partial charge in [-0.05, 0) is 45.6 Å². The molecule has 0 fully saturated rings. The van der Waals surface area contributed by atoms with Gasteiger partial charge in [-0.1, -0.05) is 54.5 Å². The number of nitrogens with one attached hydrogen (secondary N) is 1. The molecule has 0 aromatic carbocycles. The Morgan fingerprint density at radius 2 is 1.97 bits per heavy atom. The first-order chi connectivity index (χ1) is 13.6. The molecule has 0 saturated heterocycles. The zero-order valence-corrected chi connectivity index (χ0v) is 19.0. The Bertz CT molecular complexity index is 916. The Morgan fingerprint density at radius 1 is 1.33 bits per heavy atom. The zero-order chi connectivity index (χ0) is 23.0. The summed E-state index contributed by atoms with van der Waals surface area (Å²) < 4.78 is 62.7. The molecule has 2 aliphatic rings. The second kappa shape index (κ2) is 8.54. The smallest absolute Gasteiger partial charge is 0.354 e. The first-order valence-electron chi connectivity index (χ1n) is 9.65. The second-order valence-corrected chi connectivity index (χ2v) is 11.8. The van der Waals surface area contributed by atoms with Crippen molar-refractivity contribution >= 4 is 27.3 Å². The zero-order valence-electron chi connectivity index (χ0n) is 17.4. The first-order valence-corrected chi connectivity index (χ1v) is 11.5. The molecule has 0 radical (unpaired) electrons. The van der Waals surface area contributed by atoms with Crippen LogP contribution in [0.15, 0.2) is 47.1 Å². The van der Waals surface area contributed by atoms with Crippen molar-refractivity contribution in [3.63, 3.8) is 0 Å². The van der Waals surface area contributed by atoms with Crippen molar-refractivity contribution in [3.8, 4) is 0 Å². The largest absolute Gasteiger partial charge is 0.395 e. The van der Waals surface area contributed by atoms with Crippen LogP contribution >= 0.6 is 11.6 Å². The lowest BCUT2D eigenvalue weighted by molar-refractivity contribution is -0.170. The fourth-order valence-electron chi connectivity index (χ4n) is 3.68. The predicted molar refractivity (Wildman–Crippen MR) is 113 cm³/mol. The Balaban J connectivity index is 2.05. The van der Waals surface area contributed by atoms with Crippen LogP contribution < -0.4 is 5.32 Å². The van der Waals surface area contributed by atoms with Crippen LogP contribution in [-0.2, 0) is 14.6 Å². The van der Waals surface area contributed by atoms with Crippen molar-refractivity contribution in [1.82, 2.24) is 5.32 Å². The molecule has 0 aromatic rings. The third-order valence-corrected chi connectivity index (χ3v) is 9.30. The van der Waals surface area contributed by atoms with E-state index in [0.29, 0.717) is 10.6 Å². The third-order valence-electron chi connectivity index (χ3n) is 5.96. The maximum Gasteiger partial charge on any atom is 0.395 e.